The summed E-state index contributed by atoms with van der Waals surface area (Å²) in [6.45, 7) is 3.33. The Bertz CT molecular complexity index is 536. The fourth-order valence-corrected chi connectivity index (χ4v) is 1.77. The summed E-state index contributed by atoms with van der Waals surface area (Å²) in [6, 6.07) is 4.99. The van der Waals surface area contributed by atoms with Crippen LogP contribution in [0.15, 0.2) is 42.0 Å². The molecule has 0 saturated carbocycles. The van der Waals surface area contributed by atoms with E-state index in [-0.39, 0.29) is 0 Å². The highest BCUT2D eigenvalue weighted by Gasteiger charge is 2.08. The Morgan fingerprint density at radius 1 is 1.50 bits per heavy atom. The van der Waals surface area contributed by atoms with Crippen molar-refractivity contribution in [3.05, 3.63) is 53.1 Å². The van der Waals surface area contributed by atoms with Crippen molar-refractivity contribution in [2.24, 2.45) is 11.6 Å². The summed E-state index contributed by atoms with van der Waals surface area (Å²) < 4.78 is 12.8. The molecule has 1 aromatic carbocycles. The second-order valence-corrected chi connectivity index (χ2v) is 4.46. The van der Waals surface area contributed by atoms with Crippen LogP contribution in [0.25, 0.3) is 0 Å². The summed E-state index contributed by atoms with van der Waals surface area (Å²) in [5.74, 6) is 4.96. The minimum atomic E-state index is -1.01. The van der Waals surface area contributed by atoms with E-state index >= 15 is 0 Å². The molecule has 1 aromatic rings. The lowest BCUT2D eigenvalue weighted by atomic mass is 10.00. The maximum atomic E-state index is 12.8. The van der Waals surface area contributed by atoms with Crippen molar-refractivity contribution in [2.75, 3.05) is 5.43 Å². The Kier molecular flexibility index (Phi) is 5.93. The van der Waals surface area contributed by atoms with E-state index in [1.54, 1.807) is 24.3 Å². The number of amides is 1. The normalized spacial score (nSPS) is 13.5. The molecule has 0 fully saturated rings. The molecule has 1 atom stereocenters. The molecule has 0 aliphatic heterocycles. The van der Waals surface area contributed by atoms with Gasteiger partial charge in [-0.2, -0.15) is 0 Å². The van der Waals surface area contributed by atoms with E-state index in [4.69, 9.17) is 11.6 Å². The van der Waals surface area contributed by atoms with Crippen LogP contribution in [0.3, 0.4) is 0 Å². The minimum Gasteiger partial charge on any atom is -0.366 e. The van der Waals surface area contributed by atoms with Crippen molar-refractivity contribution < 1.29 is 9.18 Å². The van der Waals surface area contributed by atoms with Gasteiger partial charge in [0.15, 0.2) is 0 Å². The number of halogens is 1. The minimum absolute atomic E-state index is 0.414. The predicted octanol–water partition coefficient (Wildman–Crippen LogP) is 2.47. The van der Waals surface area contributed by atoms with E-state index < -0.39 is 12.1 Å². The number of hydrazine groups is 1. The number of hydrogen-bond donors (Lipinski definition) is 3. The zero-order valence-electron chi connectivity index (χ0n) is 11.7. The lowest BCUT2D eigenvalue weighted by molar-refractivity contribution is 0.1000. The van der Waals surface area contributed by atoms with Gasteiger partial charge in [0.05, 0.1) is 5.69 Å². The van der Waals surface area contributed by atoms with Gasteiger partial charge in [-0.1, -0.05) is 18.2 Å². The van der Waals surface area contributed by atoms with Crippen molar-refractivity contribution in [3.8, 4) is 0 Å². The van der Waals surface area contributed by atoms with Crippen LogP contribution < -0.4 is 17.0 Å². The summed E-state index contributed by atoms with van der Waals surface area (Å²) in [7, 11) is 0. The summed E-state index contributed by atoms with van der Waals surface area (Å²) in [5.41, 5.74) is 10.7. The number of primary amides is 1. The van der Waals surface area contributed by atoms with E-state index in [1.807, 2.05) is 13.0 Å². The van der Waals surface area contributed by atoms with Gasteiger partial charge in [0.25, 0.3) is 0 Å². The maximum Gasteiger partial charge on any atom is 0.248 e. The summed E-state index contributed by atoms with van der Waals surface area (Å²) in [4.78, 5) is 11.2. The van der Waals surface area contributed by atoms with Gasteiger partial charge >= 0.3 is 0 Å². The number of allylic oxidation sites excluding steroid dienone is 4. The second kappa shape index (κ2) is 7.45. The van der Waals surface area contributed by atoms with Crippen LogP contribution in [0.4, 0.5) is 10.1 Å². The number of alkyl halides is 1. The van der Waals surface area contributed by atoms with E-state index in [2.05, 4.69) is 5.43 Å². The Hall–Kier alpha value is -2.14. The Morgan fingerprint density at radius 2 is 2.20 bits per heavy atom. The van der Waals surface area contributed by atoms with E-state index in [0.717, 1.165) is 11.1 Å². The maximum absolute atomic E-state index is 12.8. The van der Waals surface area contributed by atoms with Crippen LogP contribution in [-0.4, -0.2) is 12.1 Å². The summed E-state index contributed by atoms with van der Waals surface area (Å²) in [6.07, 6.45) is 4.61. The lowest BCUT2D eigenvalue weighted by Gasteiger charge is -2.11. The van der Waals surface area contributed by atoms with Gasteiger partial charge in [0, 0.05) is 5.56 Å². The smallest absolute Gasteiger partial charge is 0.248 e. The van der Waals surface area contributed by atoms with Crippen molar-refractivity contribution in [3.63, 3.8) is 0 Å². The fraction of sp³-hybridized carbons (Fsp3) is 0.267. The predicted molar refractivity (Wildman–Crippen MR) is 79.9 cm³/mol. The van der Waals surface area contributed by atoms with Crippen LogP contribution in [0.2, 0.25) is 0 Å². The standard InChI is InChI=1S/C15H20FN3O/c1-3-11(5-4-10(2)16)8-13-9-12(15(17)20)6-7-14(13)19-18/h3-7,9-10,19H,8,18H2,1-2H3,(H2,17,20)/b5-4-,11-3+. The first-order chi connectivity index (χ1) is 9.47. The van der Waals surface area contributed by atoms with E-state index in [1.165, 1.54) is 13.0 Å². The SMILES string of the molecule is C/C=C(\C=C/C(C)F)Cc1cc(C(N)=O)ccc1NN. The molecule has 0 heterocycles. The Balaban J connectivity index is 3.05. The highest BCUT2D eigenvalue weighted by atomic mass is 19.1. The van der Waals surface area contributed by atoms with Gasteiger partial charge in [-0.05, 0) is 49.6 Å². The molecule has 0 radical (unpaired) electrons. The van der Waals surface area contributed by atoms with Crippen LogP contribution in [0, 0.1) is 0 Å². The molecule has 1 unspecified atom stereocenters. The third-order valence-corrected chi connectivity index (χ3v) is 2.89. The molecule has 1 amide bonds. The van der Waals surface area contributed by atoms with Gasteiger partial charge in [0.1, 0.15) is 6.17 Å². The molecule has 5 N–H and O–H groups in total. The number of nitrogen functional groups attached to an aromatic ring is 1. The highest BCUT2D eigenvalue weighted by Crippen LogP contribution is 2.21. The molecule has 0 aliphatic rings. The van der Waals surface area contributed by atoms with Crippen LogP contribution in [0.5, 0.6) is 0 Å². The molecule has 0 bridgehead atoms. The number of rotatable bonds is 6. The quantitative estimate of drug-likeness (QED) is 0.424. The molecule has 1 rings (SSSR count). The summed E-state index contributed by atoms with van der Waals surface area (Å²) in [5, 5.41) is 0. The number of nitrogens with two attached hydrogens (primary N) is 2. The number of benzene rings is 1. The molecular formula is C15H20FN3O. The van der Waals surface area contributed by atoms with E-state index in [0.29, 0.717) is 17.7 Å². The van der Waals surface area contributed by atoms with Gasteiger partial charge in [-0.25, -0.2) is 4.39 Å². The highest BCUT2D eigenvalue weighted by molar-refractivity contribution is 5.93. The molecule has 0 aromatic heterocycles. The largest absolute Gasteiger partial charge is 0.366 e. The first kappa shape index (κ1) is 15.9. The van der Waals surface area contributed by atoms with Crippen LogP contribution in [-0.2, 0) is 6.42 Å². The fourth-order valence-electron chi connectivity index (χ4n) is 1.77. The first-order valence-corrected chi connectivity index (χ1v) is 6.34. The molecular weight excluding hydrogens is 257 g/mol. The van der Waals surface area contributed by atoms with Crippen molar-refractivity contribution >= 4 is 11.6 Å². The molecule has 20 heavy (non-hydrogen) atoms. The molecule has 5 heteroatoms. The van der Waals surface area contributed by atoms with Crippen molar-refractivity contribution in [1.82, 2.24) is 0 Å². The number of carbonyl (C=O) groups is 1. The molecule has 0 spiro atoms. The van der Waals surface area contributed by atoms with E-state index in [9.17, 15) is 9.18 Å². The van der Waals surface area contributed by atoms with Crippen molar-refractivity contribution in [1.29, 1.82) is 0 Å². The molecule has 4 nitrogen and oxygen atoms in total. The molecule has 0 saturated heterocycles. The average molecular weight is 277 g/mol. The number of nitrogens with one attached hydrogen (secondary N) is 1. The van der Waals surface area contributed by atoms with Crippen molar-refractivity contribution in [2.45, 2.75) is 26.4 Å². The van der Waals surface area contributed by atoms with Crippen LogP contribution in [0.1, 0.15) is 29.8 Å². The number of hydrogen-bond acceptors (Lipinski definition) is 3. The topological polar surface area (TPSA) is 81.1 Å². The monoisotopic (exact) mass is 277 g/mol. The zero-order valence-corrected chi connectivity index (χ0v) is 11.7. The van der Waals surface area contributed by atoms with Gasteiger partial charge in [0.2, 0.25) is 5.91 Å². The van der Waals surface area contributed by atoms with Gasteiger partial charge in [-0.15, -0.1) is 0 Å². The van der Waals surface area contributed by atoms with Gasteiger partial charge < -0.3 is 11.2 Å². The third-order valence-electron chi connectivity index (χ3n) is 2.89. The average Bonchev–Trinajstić information content (AvgIpc) is 2.42. The zero-order chi connectivity index (χ0) is 15.1. The number of carbonyl (C=O) groups excluding carboxylic acids is 1. The Labute approximate surface area is 118 Å². The first-order valence-electron chi connectivity index (χ1n) is 6.34. The molecule has 0 aliphatic carbocycles. The summed E-state index contributed by atoms with van der Waals surface area (Å²) >= 11 is 0. The van der Waals surface area contributed by atoms with Crippen LogP contribution >= 0.6 is 0 Å². The second-order valence-electron chi connectivity index (χ2n) is 4.46. The molecule has 108 valence electrons. The third kappa shape index (κ3) is 4.51. The number of anilines is 1. The lowest BCUT2D eigenvalue weighted by Crippen LogP contribution is -2.14. The van der Waals surface area contributed by atoms with Gasteiger partial charge in [-0.3, -0.25) is 10.6 Å². The Morgan fingerprint density at radius 3 is 2.70 bits per heavy atom.